The van der Waals surface area contributed by atoms with Crippen molar-refractivity contribution >= 4 is 12.0 Å². The lowest BCUT2D eigenvalue weighted by atomic mass is 10.2. The van der Waals surface area contributed by atoms with E-state index in [1.165, 1.54) is 23.1 Å². The number of nitrogens with one attached hydrogen (secondary N) is 1. The third-order valence-corrected chi connectivity index (χ3v) is 2.66. The molecule has 0 saturated heterocycles. The highest BCUT2D eigenvalue weighted by atomic mass is 19.1. The molecule has 0 radical (unpaired) electrons. The number of amides is 1. The lowest BCUT2D eigenvalue weighted by Gasteiger charge is -2.13. The molecule has 1 heterocycles. The predicted molar refractivity (Wildman–Crippen MR) is 70.5 cm³/mol. The van der Waals surface area contributed by atoms with Crippen molar-refractivity contribution in [1.29, 1.82) is 0 Å². The number of rotatable bonds is 4. The first-order chi connectivity index (χ1) is 9.16. The summed E-state index contributed by atoms with van der Waals surface area (Å²) in [6.07, 6.45) is 6.22. The van der Waals surface area contributed by atoms with Gasteiger partial charge >= 0.3 is 0 Å². The van der Waals surface area contributed by atoms with E-state index in [0.717, 1.165) is 5.56 Å². The second kappa shape index (κ2) is 5.95. The summed E-state index contributed by atoms with van der Waals surface area (Å²) in [6, 6.07) is 6.32. The average Bonchev–Trinajstić information content (AvgIpc) is 2.90. The van der Waals surface area contributed by atoms with Crippen LogP contribution in [0.1, 0.15) is 11.1 Å². The van der Waals surface area contributed by atoms with Crippen LogP contribution in [0.2, 0.25) is 0 Å². The fraction of sp³-hybridized carbons (Fsp3) is 0.143. The monoisotopic (exact) mass is 259 g/mol. The van der Waals surface area contributed by atoms with Crippen molar-refractivity contribution in [2.24, 2.45) is 0 Å². The summed E-state index contributed by atoms with van der Waals surface area (Å²) < 4.78 is 13.4. The highest BCUT2D eigenvalue weighted by molar-refractivity contribution is 5.91. The maximum Gasteiger partial charge on any atom is 0.246 e. The van der Waals surface area contributed by atoms with E-state index < -0.39 is 0 Å². The number of aromatic amines is 1. The quantitative estimate of drug-likeness (QED) is 0.856. The summed E-state index contributed by atoms with van der Waals surface area (Å²) in [6.45, 7) is 0.455. The van der Waals surface area contributed by atoms with Gasteiger partial charge in [0.25, 0.3) is 0 Å². The normalized spacial score (nSPS) is 10.8. The Balaban J connectivity index is 1.99. The first kappa shape index (κ1) is 13.0. The molecule has 2 rings (SSSR count). The highest BCUT2D eigenvalue weighted by Gasteiger charge is 2.06. The van der Waals surface area contributed by atoms with E-state index in [1.807, 2.05) is 0 Å². The number of hydrogen-bond acceptors (Lipinski definition) is 2. The number of carbonyl (C=O) groups is 1. The molecule has 4 nitrogen and oxygen atoms in total. The van der Waals surface area contributed by atoms with E-state index in [1.54, 1.807) is 37.6 Å². The molecule has 1 amide bonds. The third kappa shape index (κ3) is 3.51. The summed E-state index contributed by atoms with van der Waals surface area (Å²) in [5, 5.41) is 6.49. The summed E-state index contributed by atoms with van der Waals surface area (Å²) >= 11 is 0. The maximum absolute atomic E-state index is 13.4. The zero-order valence-electron chi connectivity index (χ0n) is 10.5. The minimum Gasteiger partial charge on any atom is -0.338 e. The van der Waals surface area contributed by atoms with Crippen molar-refractivity contribution in [3.63, 3.8) is 0 Å². The molecule has 0 fully saturated rings. The van der Waals surface area contributed by atoms with E-state index in [9.17, 15) is 9.18 Å². The van der Waals surface area contributed by atoms with Crippen LogP contribution in [0.4, 0.5) is 4.39 Å². The van der Waals surface area contributed by atoms with Gasteiger partial charge in [0.15, 0.2) is 0 Å². The van der Waals surface area contributed by atoms with Crippen LogP contribution >= 0.6 is 0 Å². The molecule has 2 aromatic rings. The number of H-pyrrole nitrogens is 1. The Morgan fingerprint density at radius 1 is 1.47 bits per heavy atom. The first-order valence-corrected chi connectivity index (χ1v) is 5.82. The molecule has 0 aliphatic rings. The van der Waals surface area contributed by atoms with Crippen LogP contribution in [0.3, 0.4) is 0 Å². The zero-order chi connectivity index (χ0) is 13.7. The van der Waals surface area contributed by atoms with Gasteiger partial charge < -0.3 is 4.90 Å². The minimum atomic E-state index is -0.343. The van der Waals surface area contributed by atoms with Crippen LogP contribution in [0.5, 0.6) is 0 Å². The van der Waals surface area contributed by atoms with Gasteiger partial charge in [-0.3, -0.25) is 9.89 Å². The van der Waals surface area contributed by atoms with Crippen molar-refractivity contribution < 1.29 is 9.18 Å². The van der Waals surface area contributed by atoms with E-state index in [4.69, 9.17) is 0 Å². The molecule has 0 aliphatic carbocycles. The average molecular weight is 259 g/mol. The fourth-order valence-corrected chi connectivity index (χ4v) is 1.61. The van der Waals surface area contributed by atoms with Crippen LogP contribution in [-0.4, -0.2) is 28.1 Å². The number of nitrogens with zero attached hydrogens (tertiary/aromatic N) is 2. The lowest BCUT2D eigenvalue weighted by Crippen LogP contribution is -2.23. The molecule has 0 bridgehead atoms. The second-order valence-electron chi connectivity index (χ2n) is 4.16. The largest absolute Gasteiger partial charge is 0.338 e. The summed E-state index contributed by atoms with van der Waals surface area (Å²) in [4.78, 5) is 13.4. The van der Waals surface area contributed by atoms with Crippen LogP contribution < -0.4 is 0 Å². The molecule has 98 valence electrons. The standard InChI is InChI=1S/C14H14FN3O/c1-18(10-11-8-16-17-9-11)14(19)7-6-12-4-2-3-5-13(12)15/h2-9H,10H2,1H3,(H,16,17). The molecule has 1 aromatic carbocycles. The van der Waals surface area contributed by atoms with Gasteiger partial charge in [0.1, 0.15) is 5.82 Å². The molecular formula is C14H14FN3O. The Morgan fingerprint density at radius 3 is 2.95 bits per heavy atom. The minimum absolute atomic E-state index is 0.190. The second-order valence-corrected chi connectivity index (χ2v) is 4.16. The van der Waals surface area contributed by atoms with Gasteiger partial charge in [-0.1, -0.05) is 18.2 Å². The molecule has 1 N–H and O–H groups in total. The number of carbonyl (C=O) groups excluding carboxylic acids is 1. The number of hydrogen-bond donors (Lipinski definition) is 1. The van der Waals surface area contributed by atoms with Crippen molar-refractivity contribution in [3.05, 3.63) is 59.7 Å². The number of benzene rings is 1. The van der Waals surface area contributed by atoms with Gasteiger partial charge in [0, 0.05) is 37.0 Å². The number of halogens is 1. The Kier molecular flexibility index (Phi) is 4.07. The molecule has 1 aromatic heterocycles. The topological polar surface area (TPSA) is 49.0 Å². The summed E-state index contributed by atoms with van der Waals surface area (Å²) in [5.74, 6) is -0.534. The number of aromatic nitrogens is 2. The van der Waals surface area contributed by atoms with Crippen LogP contribution in [0, 0.1) is 5.82 Å². The zero-order valence-corrected chi connectivity index (χ0v) is 10.5. The predicted octanol–water partition coefficient (Wildman–Crippen LogP) is 2.22. The van der Waals surface area contributed by atoms with Gasteiger partial charge in [0.2, 0.25) is 5.91 Å². The SMILES string of the molecule is CN(Cc1cn[nH]c1)C(=O)C=Cc1ccccc1F. The van der Waals surface area contributed by atoms with E-state index in [2.05, 4.69) is 10.2 Å². The lowest BCUT2D eigenvalue weighted by molar-refractivity contribution is -0.125. The Morgan fingerprint density at radius 2 is 2.26 bits per heavy atom. The van der Waals surface area contributed by atoms with Crippen molar-refractivity contribution in [2.75, 3.05) is 7.05 Å². The maximum atomic E-state index is 13.4. The van der Waals surface area contributed by atoms with Crippen LogP contribution in [-0.2, 0) is 11.3 Å². The van der Waals surface area contributed by atoms with Gasteiger partial charge in [0.05, 0.1) is 6.20 Å². The van der Waals surface area contributed by atoms with Crippen LogP contribution in [0.25, 0.3) is 6.08 Å². The smallest absolute Gasteiger partial charge is 0.246 e. The van der Waals surface area contributed by atoms with Gasteiger partial charge in [-0.05, 0) is 12.1 Å². The Labute approximate surface area is 110 Å². The highest BCUT2D eigenvalue weighted by Crippen LogP contribution is 2.09. The number of likely N-dealkylation sites (N-methyl/N-ethyl adjacent to an activating group) is 1. The molecule has 19 heavy (non-hydrogen) atoms. The third-order valence-electron chi connectivity index (χ3n) is 2.66. The molecule has 0 unspecified atom stereocenters. The molecule has 0 spiro atoms. The molecule has 5 heteroatoms. The first-order valence-electron chi connectivity index (χ1n) is 5.82. The Hall–Kier alpha value is -2.43. The molecule has 0 atom stereocenters. The van der Waals surface area contributed by atoms with Gasteiger partial charge in [-0.15, -0.1) is 0 Å². The Bertz CT molecular complexity index is 578. The van der Waals surface area contributed by atoms with Gasteiger partial charge in [-0.2, -0.15) is 5.10 Å². The molecule has 0 aliphatic heterocycles. The van der Waals surface area contributed by atoms with E-state index >= 15 is 0 Å². The van der Waals surface area contributed by atoms with Crippen molar-refractivity contribution in [2.45, 2.75) is 6.54 Å². The van der Waals surface area contributed by atoms with Crippen molar-refractivity contribution in [3.8, 4) is 0 Å². The van der Waals surface area contributed by atoms with E-state index in [0.29, 0.717) is 12.1 Å². The van der Waals surface area contributed by atoms with Crippen LogP contribution in [0.15, 0.2) is 42.7 Å². The molecular weight excluding hydrogens is 245 g/mol. The summed E-state index contributed by atoms with van der Waals surface area (Å²) in [5.41, 5.74) is 1.31. The summed E-state index contributed by atoms with van der Waals surface area (Å²) in [7, 11) is 1.68. The van der Waals surface area contributed by atoms with E-state index in [-0.39, 0.29) is 11.7 Å². The fourth-order valence-electron chi connectivity index (χ4n) is 1.61. The molecule has 0 saturated carbocycles. The van der Waals surface area contributed by atoms with Crippen molar-refractivity contribution in [1.82, 2.24) is 15.1 Å². The van der Waals surface area contributed by atoms with Gasteiger partial charge in [-0.25, -0.2) is 4.39 Å².